The van der Waals surface area contributed by atoms with E-state index in [2.05, 4.69) is 23.3 Å². The van der Waals surface area contributed by atoms with Crippen LogP contribution >= 0.6 is 11.8 Å². The van der Waals surface area contributed by atoms with Crippen LogP contribution in [0, 0.1) is 11.3 Å². The number of carbonyl (C=O) groups is 1. The third-order valence-corrected chi connectivity index (χ3v) is 5.02. The van der Waals surface area contributed by atoms with Crippen LogP contribution in [0.15, 0.2) is 35.4 Å². The first-order valence-electron chi connectivity index (χ1n) is 9.15. The lowest BCUT2D eigenvalue weighted by Gasteiger charge is -2.10. The van der Waals surface area contributed by atoms with Gasteiger partial charge in [-0.1, -0.05) is 13.3 Å². The van der Waals surface area contributed by atoms with Gasteiger partial charge in [0.2, 0.25) is 5.91 Å². The molecule has 1 N–H and O–H groups in total. The number of thioether (sulfide) groups is 1. The van der Waals surface area contributed by atoms with E-state index in [9.17, 15) is 10.1 Å². The lowest BCUT2D eigenvalue weighted by Crippen LogP contribution is -2.12. The van der Waals surface area contributed by atoms with Crippen molar-refractivity contribution >= 4 is 23.4 Å². The molecule has 0 radical (unpaired) electrons. The molecule has 0 saturated carbocycles. The first-order chi connectivity index (χ1) is 13.6. The molecule has 28 heavy (non-hydrogen) atoms. The molecule has 0 aliphatic carbocycles. The smallest absolute Gasteiger partial charge is 0.225 e. The molecule has 148 valence electrons. The van der Waals surface area contributed by atoms with Gasteiger partial charge in [0.25, 0.3) is 0 Å². The van der Waals surface area contributed by atoms with Crippen molar-refractivity contribution in [3.63, 3.8) is 0 Å². The lowest BCUT2D eigenvalue weighted by molar-refractivity contribution is -0.115. The van der Waals surface area contributed by atoms with Crippen LogP contribution in [0.5, 0.6) is 11.5 Å². The summed E-state index contributed by atoms with van der Waals surface area (Å²) in [6.45, 7) is 2.13. The van der Waals surface area contributed by atoms with Gasteiger partial charge in [0.15, 0.2) is 0 Å². The van der Waals surface area contributed by atoms with Crippen LogP contribution in [0.4, 0.5) is 5.69 Å². The Morgan fingerprint density at radius 1 is 1.21 bits per heavy atom. The number of unbranched alkanes of at least 4 members (excludes halogenated alkanes) is 1. The lowest BCUT2D eigenvalue weighted by atomic mass is 10.2. The van der Waals surface area contributed by atoms with Gasteiger partial charge >= 0.3 is 0 Å². The second-order valence-corrected chi connectivity index (χ2v) is 7.20. The average Bonchev–Trinajstić information content (AvgIpc) is 2.71. The second kappa shape index (κ2) is 11.2. The van der Waals surface area contributed by atoms with Crippen molar-refractivity contribution in [2.24, 2.45) is 0 Å². The van der Waals surface area contributed by atoms with Gasteiger partial charge in [0.05, 0.1) is 19.8 Å². The largest absolute Gasteiger partial charge is 0.497 e. The number of anilines is 1. The van der Waals surface area contributed by atoms with Crippen molar-refractivity contribution in [2.75, 3.05) is 25.3 Å². The molecular weight excluding hydrogens is 374 g/mol. The monoisotopic (exact) mass is 399 g/mol. The maximum Gasteiger partial charge on any atom is 0.225 e. The van der Waals surface area contributed by atoms with E-state index in [-0.39, 0.29) is 5.91 Å². The molecule has 0 atom stereocenters. The number of nitriles is 1. The van der Waals surface area contributed by atoms with Gasteiger partial charge in [0, 0.05) is 41.8 Å². The van der Waals surface area contributed by atoms with Gasteiger partial charge in [-0.15, -0.1) is 11.8 Å². The fraction of sp³-hybridized carbons (Fsp3) is 0.381. The van der Waals surface area contributed by atoms with E-state index in [1.165, 1.54) is 11.8 Å². The minimum absolute atomic E-state index is 0.122. The number of methoxy groups -OCH3 is 2. The summed E-state index contributed by atoms with van der Waals surface area (Å²) < 4.78 is 10.4. The van der Waals surface area contributed by atoms with Crippen LogP contribution in [0.1, 0.15) is 37.4 Å². The summed E-state index contributed by atoms with van der Waals surface area (Å²) in [5.41, 5.74) is 2.14. The highest BCUT2D eigenvalue weighted by molar-refractivity contribution is 7.99. The first-order valence-corrected chi connectivity index (χ1v) is 10.1. The Hall–Kier alpha value is -2.72. The quantitative estimate of drug-likeness (QED) is 0.595. The van der Waals surface area contributed by atoms with Crippen LogP contribution in [-0.2, 0) is 11.2 Å². The SMILES string of the molecule is CCCCc1ccc(C#N)c(SCCC(=O)Nc2cc(OC)cc(OC)c2)n1. The molecule has 0 bridgehead atoms. The fourth-order valence-electron chi connectivity index (χ4n) is 2.51. The topological polar surface area (TPSA) is 84.2 Å². The number of rotatable bonds is 10. The third kappa shape index (κ3) is 6.46. The van der Waals surface area contributed by atoms with Crippen molar-refractivity contribution in [1.29, 1.82) is 5.26 Å². The van der Waals surface area contributed by atoms with Crippen molar-refractivity contribution in [3.8, 4) is 17.6 Å². The third-order valence-electron chi connectivity index (χ3n) is 4.03. The molecule has 1 aromatic heterocycles. The zero-order valence-electron chi connectivity index (χ0n) is 16.4. The van der Waals surface area contributed by atoms with E-state index in [1.54, 1.807) is 32.4 Å². The number of aromatic nitrogens is 1. The molecule has 0 aliphatic heterocycles. The van der Waals surface area contributed by atoms with E-state index in [0.29, 0.717) is 39.9 Å². The van der Waals surface area contributed by atoms with Gasteiger partial charge in [-0.05, 0) is 25.0 Å². The Balaban J connectivity index is 1.94. The van der Waals surface area contributed by atoms with Gasteiger partial charge in [0.1, 0.15) is 22.6 Å². The number of aryl methyl sites for hydroxylation is 1. The summed E-state index contributed by atoms with van der Waals surface area (Å²) in [5, 5.41) is 12.8. The maximum atomic E-state index is 12.3. The van der Waals surface area contributed by atoms with Crippen molar-refractivity contribution < 1.29 is 14.3 Å². The fourth-order valence-corrected chi connectivity index (χ4v) is 3.45. The minimum Gasteiger partial charge on any atom is -0.497 e. The van der Waals surface area contributed by atoms with E-state index in [1.807, 2.05) is 12.1 Å². The molecule has 0 aliphatic rings. The second-order valence-electron chi connectivity index (χ2n) is 6.12. The van der Waals surface area contributed by atoms with E-state index >= 15 is 0 Å². The molecule has 0 unspecified atom stereocenters. The van der Waals surface area contributed by atoms with Gasteiger partial charge in [-0.3, -0.25) is 4.79 Å². The van der Waals surface area contributed by atoms with Crippen molar-refractivity contribution in [3.05, 3.63) is 41.6 Å². The predicted molar refractivity (Wildman–Crippen MR) is 111 cm³/mol. The molecule has 0 fully saturated rings. The molecule has 0 spiro atoms. The number of pyridine rings is 1. The summed E-state index contributed by atoms with van der Waals surface area (Å²) >= 11 is 1.43. The Morgan fingerprint density at radius 2 is 1.93 bits per heavy atom. The molecule has 1 heterocycles. The van der Waals surface area contributed by atoms with Crippen LogP contribution in [0.3, 0.4) is 0 Å². The Labute approximate surface area is 170 Å². The number of amides is 1. The normalized spacial score (nSPS) is 10.2. The van der Waals surface area contributed by atoms with Gasteiger partial charge < -0.3 is 14.8 Å². The van der Waals surface area contributed by atoms with Crippen LogP contribution in [-0.4, -0.2) is 30.9 Å². The molecule has 0 saturated heterocycles. The van der Waals surface area contributed by atoms with E-state index in [0.717, 1.165) is 25.0 Å². The minimum atomic E-state index is -0.122. The molecule has 6 nitrogen and oxygen atoms in total. The number of ether oxygens (including phenoxy) is 2. The number of nitrogens with zero attached hydrogens (tertiary/aromatic N) is 2. The molecule has 7 heteroatoms. The molecule has 1 aromatic carbocycles. The molecule has 1 amide bonds. The van der Waals surface area contributed by atoms with Crippen molar-refractivity contribution in [1.82, 2.24) is 4.98 Å². The first kappa shape index (κ1) is 21.6. The highest BCUT2D eigenvalue weighted by Gasteiger charge is 2.10. The zero-order valence-corrected chi connectivity index (χ0v) is 17.3. The Kier molecular flexibility index (Phi) is 8.63. The molecule has 2 aromatic rings. The maximum absolute atomic E-state index is 12.3. The van der Waals surface area contributed by atoms with Crippen LogP contribution < -0.4 is 14.8 Å². The molecular formula is C21H25N3O3S. The number of carbonyl (C=O) groups excluding carboxylic acids is 1. The van der Waals surface area contributed by atoms with Gasteiger partial charge in [-0.2, -0.15) is 5.26 Å². The standard InChI is InChI=1S/C21H25N3O3S/c1-4-5-6-16-8-7-15(14-22)21(24-16)28-10-9-20(25)23-17-11-18(26-2)13-19(12-17)27-3/h7-8,11-13H,4-6,9-10H2,1-3H3,(H,23,25). The highest BCUT2D eigenvalue weighted by Crippen LogP contribution is 2.26. The van der Waals surface area contributed by atoms with Crippen LogP contribution in [0.25, 0.3) is 0 Å². The Morgan fingerprint density at radius 3 is 2.54 bits per heavy atom. The number of hydrogen-bond acceptors (Lipinski definition) is 6. The van der Waals surface area contributed by atoms with Crippen LogP contribution in [0.2, 0.25) is 0 Å². The summed E-state index contributed by atoms with van der Waals surface area (Å²) in [5.74, 6) is 1.63. The van der Waals surface area contributed by atoms with Gasteiger partial charge in [-0.25, -0.2) is 4.98 Å². The van der Waals surface area contributed by atoms with Crippen molar-refractivity contribution in [2.45, 2.75) is 37.6 Å². The van der Waals surface area contributed by atoms with E-state index in [4.69, 9.17) is 9.47 Å². The summed E-state index contributed by atoms with van der Waals surface area (Å²) in [7, 11) is 3.12. The van der Waals surface area contributed by atoms with E-state index < -0.39 is 0 Å². The number of nitrogens with one attached hydrogen (secondary N) is 1. The average molecular weight is 400 g/mol. The molecule has 2 rings (SSSR count). The summed E-state index contributed by atoms with van der Waals surface area (Å²) in [4.78, 5) is 16.9. The predicted octanol–water partition coefficient (Wildman–Crippen LogP) is 4.43. The highest BCUT2D eigenvalue weighted by atomic mass is 32.2. The summed E-state index contributed by atoms with van der Waals surface area (Å²) in [6.07, 6.45) is 3.36. The zero-order chi connectivity index (χ0) is 20.4. The Bertz CT molecular complexity index is 827. The number of benzene rings is 1. The number of hydrogen-bond donors (Lipinski definition) is 1. The summed E-state index contributed by atoms with van der Waals surface area (Å²) in [6, 6.07) is 11.1.